The van der Waals surface area contributed by atoms with E-state index in [4.69, 9.17) is 4.74 Å². The molecule has 2 nitrogen and oxygen atoms in total. The molecule has 0 aromatic heterocycles. The zero-order valence-electron chi connectivity index (χ0n) is 18.1. The van der Waals surface area contributed by atoms with Crippen LogP contribution in [0.15, 0.2) is 48.5 Å². The van der Waals surface area contributed by atoms with Crippen molar-refractivity contribution >= 4 is 27.5 Å². The topological polar surface area (TPSA) is 26.3 Å². The van der Waals surface area contributed by atoms with Gasteiger partial charge in [-0.05, 0) is 68.5 Å². The molecule has 0 bridgehead atoms. The molecule has 0 aliphatic heterocycles. The number of benzene rings is 3. The molecule has 0 aliphatic carbocycles. The molecule has 0 atom stereocenters. The van der Waals surface area contributed by atoms with Crippen molar-refractivity contribution < 1.29 is 9.53 Å². The monoisotopic (exact) mass is 376 g/mol. The molecule has 0 amide bonds. The molecule has 0 fully saturated rings. The normalized spacial score (nSPS) is 12.5. The lowest BCUT2D eigenvalue weighted by Crippen LogP contribution is -2.17. The summed E-state index contributed by atoms with van der Waals surface area (Å²) in [7, 11) is 1.45. The fourth-order valence-corrected chi connectivity index (χ4v) is 3.81. The molecule has 0 N–H and O–H groups in total. The fourth-order valence-electron chi connectivity index (χ4n) is 3.81. The van der Waals surface area contributed by atoms with E-state index in [0.717, 1.165) is 12.8 Å². The molecule has 3 rings (SSSR count). The van der Waals surface area contributed by atoms with E-state index in [0.29, 0.717) is 6.42 Å². The van der Waals surface area contributed by atoms with Gasteiger partial charge < -0.3 is 4.74 Å². The average molecular weight is 377 g/mol. The van der Waals surface area contributed by atoms with Gasteiger partial charge >= 0.3 is 5.97 Å². The Morgan fingerprint density at radius 2 is 1.32 bits per heavy atom. The summed E-state index contributed by atoms with van der Waals surface area (Å²) in [5.41, 5.74) is 2.85. The number of carbonyl (C=O) groups excluding carboxylic acids is 1. The fraction of sp³-hybridized carbons (Fsp3) is 0.423. The molecule has 0 aliphatic rings. The summed E-state index contributed by atoms with van der Waals surface area (Å²) in [4.78, 5) is 11.4. The first-order chi connectivity index (χ1) is 13.1. The van der Waals surface area contributed by atoms with Gasteiger partial charge in [-0.3, -0.25) is 4.79 Å². The molecule has 0 radical (unpaired) electrons. The Bertz CT molecular complexity index is 1010. The summed E-state index contributed by atoms with van der Waals surface area (Å²) in [6, 6.07) is 18.2. The predicted octanol–water partition coefficient (Wildman–Crippen LogP) is 6.91. The highest BCUT2D eigenvalue weighted by molar-refractivity contribution is 5.98. The summed E-state index contributed by atoms with van der Waals surface area (Å²) >= 11 is 0. The van der Waals surface area contributed by atoms with Gasteiger partial charge in [0.1, 0.15) is 0 Å². The SMILES string of the molecule is COC(=O)CCCC(C)(C)c1ccc2cc3cc(C(C)(C)C)ccc3cc2c1. The molecule has 0 saturated carbocycles. The lowest BCUT2D eigenvalue weighted by atomic mass is 9.79. The van der Waals surface area contributed by atoms with Gasteiger partial charge in [-0.25, -0.2) is 0 Å². The summed E-state index contributed by atoms with van der Waals surface area (Å²) in [5, 5.41) is 5.12. The largest absolute Gasteiger partial charge is 0.469 e. The minimum absolute atomic E-state index is 0.0211. The maximum atomic E-state index is 11.4. The number of hydrogen-bond donors (Lipinski definition) is 0. The molecule has 0 unspecified atom stereocenters. The van der Waals surface area contributed by atoms with Crippen molar-refractivity contribution in [2.75, 3.05) is 7.11 Å². The van der Waals surface area contributed by atoms with Gasteiger partial charge in [-0.2, -0.15) is 0 Å². The van der Waals surface area contributed by atoms with Gasteiger partial charge in [0.25, 0.3) is 0 Å². The molecule has 28 heavy (non-hydrogen) atoms. The van der Waals surface area contributed by atoms with Crippen LogP contribution >= 0.6 is 0 Å². The van der Waals surface area contributed by atoms with Crippen molar-refractivity contribution in [3.05, 3.63) is 59.7 Å². The van der Waals surface area contributed by atoms with Crippen molar-refractivity contribution in [1.82, 2.24) is 0 Å². The van der Waals surface area contributed by atoms with Crippen LogP contribution in [0.4, 0.5) is 0 Å². The highest BCUT2D eigenvalue weighted by Crippen LogP contribution is 2.34. The van der Waals surface area contributed by atoms with Crippen LogP contribution in [0.25, 0.3) is 21.5 Å². The molecule has 3 aromatic carbocycles. The first-order valence-electron chi connectivity index (χ1n) is 10.2. The van der Waals surface area contributed by atoms with Crippen LogP contribution in [-0.4, -0.2) is 13.1 Å². The Morgan fingerprint density at radius 1 is 0.786 bits per heavy atom. The maximum Gasteiger partial charge on any atom is 0.305 e. The number of ether oxygens (including phenoxy) is 1. The maximum absolute atomic E-state index is 11.4. The van der Waals surface area contributed by atoms with Crippen molar-refractivity contribution in [2.45, 2.75) is 64.7 Å². The summed E-state index contributed by atoms with van der Waals surface area (Å²) < 4.78 is 4.76. The predicted molar refractivity (Wildman–Crippen MR) is 119 cm³/mol. The van der Waals surface area contributed by atoms with Gasteiger partial charge in [-0.15, -0.1) is 0 Å². The highest BCUT2D eigenvalue weighted by Gasteiger charge is 2.21. The van der Waals surface area contributed by atoms with E-state index in [1.807, 2.05) is 0 Å². The number of carbonyl (C=O) groups is 1. The third-order valence-corrected chi connectivity index (χ3v) is 5.85. The average Bonchev–Trinajstić information content (AvgIpc) is 2.64. The highest BCUT2D eigenvalue weighted by atomic mass is 16.5. The molecule has 3 aromatic rings. The van der Waals surface area contributed by atoms with E-state index >= 15 is 0 Å². The zero-order chi connectivity index (χ0) is 20.5. The van der Waals surface area contributed by atoms with E-state index in [-0.39, 0.29) is 16.8 Å². The Labute approximate surface area is 168 Å². The molecule has 0 heterocycles. The van der Waals surface area contributed by atoms with Gasteiger partial charge in [0, 0.05) is 6.42 Å². The molecular weight excluding hydrogens is 344 g/mol. The summed E-state index contributed by atoms with van der Waals surface area (Å²) in [6.07, 6.45) is 2.27. The minimum Gasteiger partial charge on any atom is -0.469 e. The third kappa shape index (κ3) is 4.38. The molecule has 0 saturated heterocycles. The van der Waals surface area contributed by atoms with Crippen molar-refractivity contribution in [2.24, 2.45) is 0 Å². The Hall–Kier alpha value is -2.35. The Morgan fingerprint density at radius 3 is 1.86 bits per heavy atom. The van der Waals surface area contributed by atoms with Crippen molar-refractivity contribution in [3.63, 3.8) is 0 Å². The smallest absolute Gasteiger partial charge is 0.305 e. The summed E-state index contributed by atoms with van der Waals surface area (Å²) in [6.45, 7) is 11.3. The van der Waals surface area contributed by atoms with E-state index in [9.17, 15) is 4.79 Å². The van der Waals surface area contributed by atoms with Crippen LogP contribution in [0.3, 0.4) is 0 Å². The van der Waals surface area contributed by atoms with E-state index < -0.39 is 0 Å². The number of esters is 1. The van der Waals surface area contributed by atoms with Gasteiger partial charge in [0.15, 0.2) is 0 Å². The van der Waals surface area contributed by atoms with Crippen LogP contribution in [0, 0.1) is 0 Å². The van der Waals surface area contributed by atoms with Crippen LogP contribution in [0.1, 0.15) is 65.0 Å². The molecular formula is C26H32O2. The lowest BCUT2D eigenvalue weighted by Gasteiger charge is -2.26. The van der Waals surface area contributed by atoms with E-state index in [1.165, 1.54) is 39.8 Å². The van der Waals surface area contributed by atoms with Gasteiger partial charge in [0.2, 0.25) is 0 Å². The number of methoxy groups -OCH3 is 1. The second-order valence-electron chi connectivity index (χ2n) is 9.54. The lowest BCUT2D eigenvalue weighted by molar-refractivity contribution is -0.140. The van der Waals surface area contributed by atoms with E-state index in [2.05, 4.69) is 83.1 Å². The second kappa shape index (κ2) is 7.58. The third-order valence-electron chi connectivity index (χ3n) is 5.85. The van der Waals surface area contributed by atoms with Gasteiger partial charge in [0.05, 0.1) is 7.11 Å². The van der Waals surface area contributed by atoms with Crippen LogP contribution in [0.2, 0.25) is 0 Å². The van der Waals surface area contributed by atoms with E-state index in [1.54, 1.807) is 0 Å². The minimum atomic E-state index is -0.129. The Kier molecular flexibility index (Phi) is 5.52. The van der Waals surface area contributed by atoms with Crippen LogP contribution in [0.5, 0.6) is 0 Å². The quantitative estimate of drug-likeness (QED) is 0.357. The molecule has 148 valence electrons. The molecule has 2 heteroatoms. The van der Waals surface area contributed by atoms with Gasteiger partial charge in [-0.1, -0.05) is 71.0 Å². The Balaban J connectivity index is 1.92. The number of hydrogen-bond acceptors (Lipinski definition) is 2. The summed E-state index contributed by atoms with van der Waals surface area (Å²) in [5.74, 6) is -0.129. The zero-order valence-corrected chi connectivity index (χ0v) is 18.1. The second-order valence-corrected chi connectivity index (χ2v) is 9.54. The van der Waals surface area contributed by atoms with Crippen LogP contribution in [-0.2, 0) is 20.4 Å². The number of rotatable bonds is 5. The standard InChI is InChI=1S/C26H32O2/c1-25(2,3)22-11-9-18-15-21-17-23(12-10-19(21)14-20(18)16-22)26(4,5)13-7-8-24(27)28-6/h9-12,14-17H,7-8,13H2,1-6H3. The van der Waals surface area contributed by atoms with Crippen molar-refractivity contribution in [3.8, 4) is 0 Å². The molecule has 0 spiro atoms. The first kappa shape index (κ1) is 20.4. The first-order valence-corrected chi connectivity index (χ1v) is 10.2. The van der Waals surface area contributed by atoms with Crippen molar-refractivity contribution in [1.29, 1.82) is 0 Å². The number of fused-ring (bicyclic) bond motifs is 2. The van der Waals surface area contributed by atoms with Crippen LogP contribution < -0.4 is 0 Å².